The highest BCUT2D eigenvalue weighted by Gasteiger charge is 2.21. The van der Waals surface area contributed by atoms with E-state index in [2.05, 4.69) is 17.6 Å². The van der Waals surface area contributed by atoms with Crippen LogP contribution in [-0.2, 0) is 0 Å². The maximum atomic E-state index is 12.2. The molecule has 110 valence electrons. The molecular formula is C14H21N3O3. The summed E-state index contributed by atoms with van der Waals surface area (Å²) in [4.78, 5) is 22.6. The van der Waals surface area contributed by atoms with E-state index in [1.54, 1.807) is 13.1 Å². The smallest absolute Gasteiger partial charge is 0.282 e. The number of anilines is 1. The molecule has 2 N–H and O–H groups in total. The molecule has 0 heterocycles. The number of hydrogen-bond acceptors (Lipinski definition) is 4. The van der Waals surface area contributed by atoms with Crippen molar-refractivity contribution < 1.29 is 9.72 Å². The van der Waals surface area contributed by atoms with E-state index in [0.29, 0.717) is 5.69 Å². The number of hydrogen-bond donors (Lipinski definition) is 2. The summed E-state index contributed by atoms with van der Waals surface area (Å²) in [5.41, 5.74) is 0.580. The van der Waals surface area contributed by atoms with Crippen molar-refractivity contribution in [1.29, 1.82) is 0 Å². The van der Waals surface area contributed by atoms with Crippen molar-refractivity contribution in [3.8, 4) is 0 Å². The van der Waals surface area contributed by atoms with E-state index in [0.717, 1.165) is 19.3 Å². The molecule has 6 heteroatoms. The van der Waals surface area contributed by atoms with Crippen molar-refractivity contribution in [2.45, 2.75) is 39.2 Å². The van der Waals surface area contributed by atoms with Crippen LogP contribution >= 0.6 is 0 Å². The van der Waals surface area contributed by atoms with Crippen LogP contribution < -0.4 is 10.6 Å². The van der Waals surface area contributed by atoms with Crippen LogP contribution in [0.5, 0.6) is 0 Å². The first-order valence-corrected chi connectivity index (χ1v) is 6.76. The van der Waals surface area contributed by atoms with Gasteiger partial charge in [-0.25, -0.2) is 0 Å². The third-order valence-electron chi connectivity index (χ3n) is 3.09. The van der Waals surface area contributed by atoms with Gasteiger partial charge in [0.05, 0.1) is 4.92 Å². The zero-order valence-corrected chi connectivity index (χ0v) is 12.1. The summed E-state index contributed by atoms with van der Waals surface area (Å²) in [6, 6.07) is 4.42. The lowest BCUT2D eigenvalue weighted by molar-refractivity contribution is -0.385. The summed E-state index contributed by atoms with van der Waals surface area (Å²) in [5.74, 6) is -0.405. The highest BCUT2D eigenvalue weighted by molar-refractivity contribution is 5.99. The number of nitrogens with one attached hydrogen (secondary N) is 2. The molecule has 0 saturated heterocycles. The molecular weight excluding hydrogens is 258 g/mol. The Balaban J connectivity index is 2.92. The van der Waals surface area contributed by atoms with Crippen molar-refractivity contribution >= 4 is 17.3 Å². The van der Waals surface area contributed by atoms with Crippen molar-refractivity contribution in [2.75, 3.05) is 12.4 Å². The minimum absolute atomic E-state index is 0.000274. The molecule has 1 unspecified atom stereocenters. The fourth-order valence-electron chi connectivity index (χ4n) is 1.92. The minimum atomic E-state index is -0.537. The molecule has 1 aromatic carbocycles. The maximum Gasteiger partial charge on any atom is 0.282 e. The van der Waals surface area contributed by atoms with Gasteiger partial charge in [-0.05, 0) is 25.5 Å². The second-order valence-corrected chi connectivity index (χ2v) is 4.76. The summed E-state index contributed by atoms with van der Waals surface area (Å²) in [6.07, 6.45) is 2.93. The Morgan fingerprint density at radius 3 is 2.70 bits per heavy atom. The van der Waals surface area contributed by atoms with Crippen molar-refractivity contribution in [3.63, 3.8) is 0 Å². The second-order valence-electron chi connectivity index (χ2n) is 4.76. The van der Waals surface area contributed by atoms with E-state index < -0.39 is 10.8 Å². The quantitative estimate of drug-likeness (QED) is 0.593. The summed E-state index contributed by atoms with van der Waals surface area (Å²) in [6.45, 7) is 3.98. The Kier molecular flexibility index (Phi) is 5.96. The standard InChI is InChI=1S/C14H21N3O3/c1-4-5-6-10(2)16-14(18)12-9-11(15-3)7-8-13(12)17(19)20/h7-10,15H,4-6H2,1-3H3,(H,16,18). The van der Waals surface area contributed by atoms with Crippen LogP contribution in [0, 0.1) is 10.1 Å². The zero-order chi connectivity index (χ0) is 15.1. The Morgan fingerprint density at radius 1 is 1.45 bits per heavy atom. The predicted molar refractivity (Wildman–Crippen MR) is 79.1 cm³/mol. The number of nitro groups is 1. The third kappa shape index (κ3) is 4.22. The first kappa shape index (κ1) is 15.9. The molecule has 1 rings (SSSR count). The van der Waals surface area contributed by atoms with E-state index >= 15 is 0 Å². The van der Waals surface area contributed by atoms with Gasteiger partial charge in [0.2, 0.25) is 0 Å². The van der Waals surface area contributed by atoms with Gasteiger partial charge in [-0.15, -0.1) is 0 Å². The van der Waals surface area contributed by atoms with E-state index in [-0.39, 0.29) is 17.3 Å². The number of nitro benzene ring substituents is 1. The van der Waals surface area contributed by atoms with E-state index in [1.807, 2.05) is 6.92 Å². The minimum Gasteiger partial charge on any atom is -0.388 e. The lowest BCUT2D eigenvalue weighted by Gasteiger charge is -2.14. The van der Waals surface area contributed by atoms with Crippen LogP contribution in [0.2, 0.25) is 0 Å². The Hall–Kier alpha value is -2.11. The topological polar surface area (TPSA) is 84.3 Å². The largest absolute Gasteiger partial charge is 0.388 e. The lowest BCUT2D eigenvalue weighted by atomic mass is 10.1. The molecule has 1 aromatic rings. The summed E-state index contributed by atoms with van der Waals surface area (Å²) < 4.78 is 0. The number of benzene rings is 1. The Labute approximate surface area is 118 Å². The lowest BCUT2D eigenvalue weighted by Crippen LogP contribution is -2.32. The van der Waals surface area contributed by atoms with Crippen LogP contribution in [0.15, 0.2) is 18.2 Å². The van der Waals surface area contributed by atoms with Gasteiger partial charge in [-0.3, -0.25) is 14.9 Å². The fourth-order valence-corrected chi connectivity index (χ4v) is 1.92. The van der Waals surface area contributed by atoms with Gasteiger partial charge < -0.3 is 10.6 Å². The Morgan fingerprint density at radius 2 is 2.15 bits per heavy atom. The second kappa shape index (κ2) is 7.47. The SMILES string of the molecule is CCCCC(C)NC(=O)c1cc(NC)ccc1[N+](=O)[O-]. The normalized spacial score (nSPS) is 11.8. The molecule has 0 aliphatic rings. The summed E-state index contributed by atoms with van der Waals surface area (Å²) in [7, 11) is 1.70. The van der Waals surface area contributed by atoms with Gasteiger partial charge in [-0.2, -0.15) is 0 Å². The van der Waals surface area contributed by atoms with Crippen LogP contribution in [0.4, 0.5) is 11.4 Å². The van der Waals surface area contributed by atoms with Gasteiger partial charge in [0.1, 0.15) is 5.56 Å². The van der Waals surface area contributed by atoms with Gasteiger partial charge in [0.25, 0.3) is 11.6 Å². The van der Waals surface area contributed by atoms with Crippen molar-refractivity contribution in [2.24, 2.45) is 0 Å². The number of nitrogens with zero attached hydrogens (tertiary/aromatic N) is 1. The van der Waals surface area contributed by atoms with Gasteiger partial charge in [-0.1, -0.05) is 19.8 Å². The van der Waals surface area contributed by atoms with Gasteiger partial charge >= 0.3 is 0 Å². The van der Waals surface area contributed by atoms with Crippen LogP contribution in [0.25, 0.3) is 0 Å². The van der Waals surface area contributed by atoms with Crippen LogP contribution in [-0.4, -0.2) is 23.9 Å². The molecule has 0 fully saturated rings. The molecule has 0 aliphatic heterocycles. The highest BCUT2D eigenvalue weighted by atomic mass is 16.6. The highest BCUT2D eigenvalue weighted by Crippen LogP contribution is 2.22. The Bertz CT molecular complexity index is 489. The molecule has 0 radical (unpaired) electrons. The average Bonchev–Trinajstić information content (AvgIpc) is 2.44. The molecule has 1 amide bonds. The number of carbonyl (C=O) groups excluding carboxylic acids is 1. The van der Waals surface area contributed by atoms with Crippen molar-refractivity contribution in [1.82, 2.24) is 5.32 Å². The summed E-state index contributed by atoms with van der Waals surface area (Å²) in [5, 5.41) is 16.7. The molecule has 0 bridgehead atoms. The molecule has 0 aromatic heterocycles. The maximum absolute atomic E-state index is 12.2. The molecule has 20 heavy (non-hydrogen) atoms. The van der Waals surface area contributed by atoms with Crippen molar-refractivity contribution in [3.05, 3.63) is 33.9 Å². The number of unbranched alkanes of at least 4 members (excludes halogenated alkanes) is 1. The number of amides is 1. The molecule has 0 saturated carbocycles. The zero-order valence-electron chi connectivity index (χ0n) is 12.1. The number of carbonyl (C=O) groups is 1. The number of rotatable bonds is 7. The average molecular weight is 279 g/mol. The van der Waals surface area contributed by atoms with Crippen LogP contribution in [0.3, 0.4) is 0 Å². The fraction of sp³-hybridized carbons (Fsp3) is 0.500. The van der Waals surface area contributed by atoms with E-state index in [9.17, 15) is 14.9 Å². The van der Waals surface area contributed by atoms with E-state index in [1.165, 1.54) is 12.1 Å². The molecule has 0 aliphatic carbocycles. The first-order chi connectivity index (χ1) is 9.49. The van der Waals surface area contributed by atoms with Gasteiger partial charge in [0, 0.05) is 24.8 Å². The first-order valence-electron chi connectivity index (χ1n) is 6.76. The predicted octanol–water partition coefficient (Wildman–Crippen LogP) is 2.95. The van der Waals surface area contributed by atoms with Crippen LogP contribution in [0.1, 0.15) is 43.5 Å². The monoisotopic (exact) mass is 279 g/mol. The third-order valence-corrected chi connectivity index (χ3v) is 3.09. The molecule has 1 atom stereocenters. The van der Waals surface area contributed by atoms with Gasteiger partial charge in [0.15, 0.2) is 0 Å². The summed E-state index contributed by atoms with van der Waals surface area (Å²) >= 11 is 0. The van der Waals surface area contributed by atoms with E-state index in [4.69, 9.17) is 0 Å². The molecule has 6 nitrogen and oxygen atoms in total. The molecule has 0 spiro atoms.